The van der Waals surface area contributed by atoms with Crippen LogP contribution in [-0.2, 0) is 14.3 Å². The first-order chi connectivity index (χ1) is 26.7. The number of alkyl halides is 2. The van der Waals surface area contributed by atoms with Crippen molar-refractivity contribution in [3.8, 4) is 0 Å². The molecule has 1 aromatic heterocycles. The van der Waals surface area contributed by atoms with E-state index in [1.165, 1.54) is 0 Å². The monoisotopic (exact) mass is 624 g/mol. The minimum Gasteiger partial charge on any atom is -0.457 e. The van der Waals surface area contributed by atoms with Gasteiger partial charge in [0, 0.05) is 40.0 Å². The van der Waals surface area contributed by atoms with Crippen LogP contribution in [0.1, 0.15) is 118 Å². The number of allylic oxidation sites excluding steroid dienone is 4. The van der Waals surface area contributed by atoms with Gasteiger partial charge in [-0.2, -0.15) is 0 Å². The molecule has 0 spiro atoms. The summed E-state index contributed by atoms with van der Waals surface area (Å²) in [6, 6.07) is -1.38. The van der Waals surface area contributed by atoms with E-state index in [2.05, 4.69) is 0 Å². The molecule has 0 aromatic carbocycles. The normalized spacial score (nSPS) is 63.3. The summed E-state index contributed by atoms with van der Waals surface area (Å²) in [7, 11) is 0. The van der Waals surface area contributed by atoms with Crippen molar-refractivity contribution in [1.82, 2.24) is 0 Å². The molecule has 2 unspecified atom stereocenters. The van der Waals surface area contributed by atoms with Crippen molar-refractivity contribution < 1.29 is 56.1 Å². The van der Waals surface area contributed by atoms with E-state index in [4.69, 9.17) is 37.8 Å². The number of furan rings is 1. The molecule has 1 aromatic rings. The summed E-state index contributed by atoms with van der Waals surface area (Å²) in [5, 5.41) is 13.2. The Labute approximate surface area is 281 Å². The van der Waals surface area contributed by atoms with Crippen LogP contribution in [0.5, 0.6) is 0 Å². The summed E-state index contributed by atoms with van der Waals surface area (Å²) in [6.07, 6.45) is -26.1. The van der Waals surface area contributed by atoms with Crippen LogP contribution in [0.4, 0.5) is 0 Å². The molecular weight excluding hydrogens is 563 g/mol. The summed E-state index contributed by atoms with van der Waals surface area (Å²) in [4.78, 5) is 36.0. The molecule has 0 aliphatic heterocycles. The number of carbonyl (C=O) groups excluding carboxylic acids is 3. The van der Waals surface area contributed by atoms with Crippen molar-refractivity contribution in [3.05, 3.63) is 47.4 Å². The quantitative estimate of drug-likeness (QED) is 0.269. The highest BCUT2D eigenvalue weighted by atomic mass is 35.5. The molecule has 0 saturated heterocycles. The molecule has 8 heteroatoms. The number of hydrogen-bond donors (Lipinski definition) is 1. The van der Waals surface area contributed by atoms with Crippen LogP contribution >= 0.6 is 23.2 Å². The van der Waals surface area contributed by atoms with Gasteiger partial charge in [0.15, 0.2) is 17.2 Å². The van der Waals surface area contributed by atoms with Crippen molar-refractivity contribution in [3.63, 3.8) is 0 Å². The van der Waals surface area contributed by atoms with Crippen LogP contribution in [0.25, 0.3) is 0 Å². The van der Waals surface area contributed by atoms with Crippen molar-refractivity contribution in [2.75, 3.05) is 0 Å². The molecule has 4 aliphatic rings. The Bertz CT molecular complexity index is 2200. The average Bonchev–Trinajstić information content (AvgIpc) is 3.65. The third kappa shape index (κ3) is 3.69. The molecule has 4 aliphatic carbocycles. The lowest BCUT2D eigenvalue weighted by molar-refractivity contribution is -0.209. The van der Waals surface area contributed by atoms with E-state index < -0.39 is 141 Å². The van der Waals surface area contributed by atoms with E-state index in [-0.39, 0.29) is 13.8 Å². The molecule has 0 bridgehead atoms. The van der Waals surface area contributed by atoms with E-state index in [1.54, 1.807) is 0 Å². The van der Waals surface area contributed by atoms with Gasteiger partial charge in [-0.25, -0.2) is 4.79 Å². The number of hydrogen-bond acceptors (Lipinski definition) is 6. The van der Waals surface area contributed by atoms with Crippen LogP contribution in [-0.4, -0.2) is 44.1 Å². The van der Waals surface area contributed by atoms with Gasteiger partial charge in [-0.1, -0.05) is 39.2 Å². The molecular formula is C33H42Cl2O6. The third-order valence-electron chi connectivity index (χ3n) is 8.08. The molecule has 224 valence electrons. The van der Waals surface area contributed by atoms with Gasteiger partial charge < -0.3 is 14.3 Å². The second-order valence-corrected chi connectivity index (χ2v) is 12.1. The predicted octanol–water partition coefficient (Wildman–Crippen LogP) is 7.06. The Balaban J connectivity index is 2.37. The number of halogens is 2. The smallest absolute Gasteiger partial charge is 0.375 e. The van der Waals surface area contributed by atoms with Gasteiger partial charge in [0.2, 0.25) is 5.76 Å². The first-order valence-electron chi connectivity index (χ1n) is 22.5. The minimum atomic E-state index is -5.08. The number of ether oxygens (including phenoxy) is 1. The van der Waals surface area contributed by atoms with Gasteiger partial charge in [0.05, 0.1) is 21.3 Å². The fourth-order valence-corrected chi connectivity index (χ4v) is 6.78. The summed E-state index contributed by atoms with van der Waals surface area (Å²) in [5.41, 5.74) is -16.4. The van der Waals surface area contributed by atoms with Crippen LogP contribution in [0, 0.1) is 34.4 Å². The molecule has 0 amide bonds. The first-order valence-corrected chi connectivity index (χ1v) is 13.3. The summed E-state index contributed by atoms with van der Waals surface area (Å²) in [6.45, 7) is -1.41. The lowest BCUT2D eigenvalue weighted by atomic mass is 9.41. The van der Waals surface area contributed by atoms with E-state index in [0.717, 1.165) is 39.2 Å². The molecule has 5 rings (SSSR count). The lowest BCUT2D eigenvalue weighted by Gasteiger charge is -2.68. The summed E-state index contributed by atoms with van der Waals surface area (Å²) < 4.78 is 202. The second kappa shape index (κ2) is 9.82. The molecule has 1 heterocycles. The van der Waals surface area contributed by atoms with Crippen molar-refractivity contribution >= 4 is 40.7 Å². The van der Waals surface area contributed by atoms with E-state index in [0.29, 0.717) is 6.92 Å². The topological polar surface area (TPSA) is 93.8 Å². The number of carbonyl (C=O) groups is 3. The van der Waals surface area contributed by atoms with Crippen molar-refractivity contribution in [2.45, 2.75) is 102 Å². The largest absolute Gasteiger partial charge is 0.457 e. The van der Waals surface area contributed by atoms with E-state index in [1.807, 2.05) is 0 Å². The Morgan fingerprint density at radius 3 is 2.63 bits per heavy atom. The number of esters is 1. The molecule has 9 atom stereocenters. The maximum Gasteiger partial charge on any atom is 0.375 e. The minimum absolute atomic E-state index is 0.219. The Morgan fingerprint density at radius 2 is 2.07 bits per heavy atom. The zero-order valence-corrected chi connectivity index (χ0v) is 24.5. The standard InChI is InChI=1S/C33H42Cl2O6/c1-8-30-17-18(3)24(36)16-21(30)12-13-22-23-15-19(4)33(28(39)29(6,7)34,41-27(38)25-11-10-14-40-25)31(23,9-2)20(5)26(37)32(22,30)35/h10-11,14,16-17,19-20,22-23,26,37H,8-9,12-13,15H2,1-7H3/t19-,20?,22+,23-,26+,30?,31+,32+,33+/m1/s1/i4D3,8D2,9D2,12D2,13D2,15D2,16D,17D,19D,20D,22D,23D,26D. The number of ketones is 2. The Kier molecular flexibility index (Phi) is 3.42. The van der Waals surface area contributed by atoms with Gasteiger partial charge in [-0.15, -0.1) is 23.2 Å². The maximum atomic E-state index is 15.6. The molecule has 1 N–H and O–H groups in total. The number of Topliss-reactive ketones (excluding diaryl/α,β-unsaturated/α-hetero) is 1. The number of fused-ring (bicyclic) bond motifs is 5. The van der Waals surface area contributed by atoms with Gasteiger partial charge >= 0.3 is 5.97 Å². The fourth-order valence-electron chi connectivity index (χ4n) is 6.13. The Morgan fingerprint density at radius 1 is 1.37 bits per heavy atom. The molecule has 0 radical (unpaired) electrons. The molecule has 6 nitrogen and oxygen atoms in total. The zero-order chi connectivity index (χ0) is 48.2. The maximum absolute atomic E-state index is 15.6. The van der Waals surface area contributed by atoms with Crippen molar-refractivity contribution in [2.24, 2.45) is 34.4 Å². The van der Waals surface area contributed by atoms with E-state index in [9.17, 15) is 36.6 Å². The highest BCUT2D eigenvalue weighted by Crippen LogP contribution is 2.75. The van der Waals surface area contributed by atoms with Crippen LogP contribution in [0.15, 0.2) is 46.1 Å². The van der Waals surface area contributed by atoms with Crippen LogP contribution in [0.3, 0.4) is 0 Å². The predicted molar refractivity (Wildman–Crippen MR) is 158 cm³/mol. The third-order valence-corrected chi connectivity index (χ3v) is 8.90. The molecule has 3 fully saturated rings. The zero-order valence-electron chi connectivity index (χ0n) is 43.0. The highest BCUT2D eigenvalue weighted by molar-refractivity contribution is 6.36. The molecule has 41 heavy (non-hydrogen) atoms. The van der Waals surface area contributed by atoms with Crippen molar-refractivity contribution in [1.29, 1.82) is 0 Å². The van der Waals surface area contributed by atoms with Crippen LogP contribution < -0.4 is 0 Å². The molecule has 3 saturated carbocycles. The van der Waals surface area contributed by atoms with Crippen LogP contribution in [0.2, 0.25) is 0 Å². The highest BCUT2D eigenvalue weighted by Gasteiger charge is 2.80. The summed E-state index contributed by atoms with van der Waals surface area (Å²) >= 11 is 14.0. The van der Waals surface area contributed by atoms with E-state index >= 15 is 4.79 Å². The SMILES string of the molecule is [2H]C1=C2C([2H])([2H])C([2H])([2H])[C@@]3([2H])[C@@]4([2H])C([2H])([2H])[C@@]([2H])(C([2H])([2H])[2H])[C@](OC(=O)c5ccco5)(C(=O)C(C)(C)Cl)[C@@]4(C([2H])([2H])C)C([2H])(C)[C@]([2H])(O)[C@]3(Cl)C2(C([2H])([2H])C)C([2H])=C(C)C1=O. The number of aliphatic hydroxyl groups is 1. The summed E-state index contributed by atoms with van der Waals surface area (Å²) in [5.74, 6) is -26.3. The Hall–Kier alpha value is -1.89. The fraction of sp³-hybridized carbons (Fsp3) is 0.667. The van der Waals surface area contributed by atoms with Gasteiger partial charge in [-0.3, -0.25) is 9.59 Å². The second-order valence-electron chi connectivity index (χ2n) is 10.6. The van der Waals surface area contributed by atoms with Gasteiger partial charge in [0.1, 0.15) is 4.87 Å². The average molecular weight is 626 g/mol. The van der Waals surface area contributed by atoms with Gasteiger partial charge in [-0.05, 0) is 94.1 Å². The number of rotatable bonds is 6. The first kappa shape index (κ1) is 14.3. The lowest BCUT2D eigenvalue weighted by Crippen LogP contribution is -2.74. The van der Waals surface area contributed by atoms with Gasteiger partial charge in [0.25, 0.3) is 0 Å².